The molecule has 19 heavy (non-hydrogen) atoms. The van der Waals surface area contributed by atoms with E-state index >= 15 is 0 Å². The van der Waals surface area contributed by atoms with Gasteiger partial charge in [0.1, 0.15) is 0 Å². The number of nitro groups is 1. The maximum absolute atomic E-state index is 11.0. The van der Waals surface area contributed by atoms with Crippen LogP contribution in [0.2, 0.25) is 0 Å². The Balaban J connectivity index is 2.72. The first-order valence-corrected chi connectivity index (χ1v) is 5.45. The first kappa shape index (κ1) is 12.7. The Morgan fingerprint density at radius 2 is 2.11 bits per heavy atom. The van der Waals surface area contributed by atoms with Crippen LogP contribution in [0.5, 0.6) is 0 Å². The number of hydrogen-bond acceptors (Lipinski definition) is 4. The van der Waals surface area contributed by atoms with Gasteiger partial charge in [-0.15, -0.1) is 0 Å². The number of rotatable bonds is 3. The van der Waals surface area contributed by atoms with Crippen molar-refractivity contribution in [3.05, 3.63) is 51.3 Å². The van der Waals surface area contributed by atoms with E-state index < -0.39 is 10.9 Å². The molecule has 7 nitrogen and oxygen atoms in total. The summed E-state index contributed by atoms with van der Waals surface area (Å²) in [4.78, 5) is 21.4. The highest BCUT2D eigenvalue weighted by Crippen LogP contribution is 2.26. The second-order valence-electron chi connectivity index (χ2n) is 4.10. The fourth-order valence-corrected chi connectivity index (χ4v) is 1.78. The lowest BCUT2D eigenvalue weighted by Crippen LogP contribution is -2.06. The number of benzene rings is 1. The predicted molar refractivity (Wildman–Crippen MR) is 66.7 cm³/mol. The highest BCUT2D eigenvalue weighted by atomic mass is 16.6. The van der Waals surface area contributed by atoms with Crippen LogP contribution in [0.4, 0.5) is 5.69 Å². The average Bonchev–Trinajstić information content (AvgIpc) is 2.75. The molecule has 2 rings (SSSR count). The van der Waals surface area contributed by atoms with Crippen LogP contribution >= 0.6 is 0 Å². The van der Waals surface area contributed by atoms with Crippen LogP contribution in [0.25, 0.3) is 5.69 Å². The number of aromatic carboxylic acids is 1. The van der Waals surface area contributed by atoms with Crippen LogP contribution in [-0.2, 0) is 0 Å². The molecule has 1 aromatic heterocycles. The van der Waals surface area contributed by atoms with Gasteiger partial charge in [0.2, 0.25) is 0 Å². The van der Waals surface area contributed by atoms with Gasteiger partial charge < -0.3 is 5.11 Å². The third-order valence-electron chi connectivity index (χ3n) is 2.77. The molecule has 0 aliphatic rings. The monoisotopic (exact) mass is 261 g/mol. The Kier molecular flexibility index (Phi) is 3.04. The van der Waals surface area contributed by atoms with Gasteiger partial charge in [0.25, 0.3) is 5.69 Å². The van der Waals surface area contributed by atoms with Crippen molar-refractivity contribution in [1.29, 1.82) is 0 Å². The fourth-order valence-electron chi connectivity index (χ4n) is 1.78. The summed E-state index contributed by atoms with van der Waals surface area (Å²) in [5, 5.41) is 24.1. The maximum atomic E-state index is 11.0. The number of nitro benzene ring substituents is 1. The van der Waals surface area contributed by atoms with Crippen LogP contribution < -0.4 is 0 Å². The van der Waals surface area contributed by atoms with E-state index in [0.717, 1.165) is 11.8 Å². The minimum atomic E-state index is -1.21. The van der Waals surface area contributed by atoms with E-state index in [1.54, 1.807) is 26.1 Å². The lowest BCUT2D eigenvalue weighted by Gasteiger charge is -2.08. The van der Waals surface area contributed by atoms with Crippen molar-refractivity contribution in [2.45, 2.75) is 13.8 Å². The summed E-state index contributed by atoms with van der Waals surface area (Å²) in [5.74, 6) is -1.21. The van der Waals surface area contributed by atoms with Crippen LogP contribution in [0, 0.1) is 24.0 Å². The molecule has 0 fully saturated rings. The number of carboxylic acids is 1. The molecule has 7 heteroatoms. The van der Waals surface area contributed by atoms with Gasteiger partial charge in [-0.05, 0) is 26.0 Å². The molecule has 1 heterocycles. The number of hydrogen-bond donors (Lipinski definition) is 1. The Bertz CT molecular complexity index is 676. The summed E-state index contributed by atoms with van der Waals surface area (Å²) in [6, 6.07) is 4.16. The minimum absolute atomic E-state index is 0.138. The van der Waals surface area contributed by atoms with Gasteiger partial charge in [0.15, 0.2) is 0 Å². The Labute approximate surface area is 108 Å². The van der Waals surface area contributed by atoms with E-state index in [4.69, 9.17) is 5.11 Å². The van der Waals surface area contributed by atoms with Crippen LogP contribution in [0.15, 0.2) is 24.4 Å². The number of nitrogens with zero attached hydrogens (tertiary/aromatic N) is 3. The molecule has 0 saturated carbocycles. The smallest absolute Gasteiger partial charge is 0.336 e. The summed E-state index contributed by atoms with van der Waals surface area (Å²) in [7, 11) is 0. The molecule has 1 aromatic carbocycles. The van der Waals surface area contributed by atoms with Crippen molar-refractivity contribution >= 4 is 11.7 Å². The second-order valence-corrected chi connectivity index (χ2v) is 4.10. The van der Waals surface area contributed by atoms with Crippen LogP contribution in [0.3, 0.4) is 0 Å². The molecular formula is C12H11N3O4. The van der Waals surface area contributed by atoms with Crippen LogP contribution in [0.1, 0.15) is 21.6 Å². The number of aryl methyl sites for hydroxylation is 1. The molecule has 0 aliphatic heterocycles. The van der Waals surface area contributed by atoms with Crippen molar-refractivity contribution in [2.24, 2.45) is 0 Å². The molecule has 0 unspecified atom stereocenters. The molecule has 2 aromatic rings. The molecule has 1 N–H and O–H groups in total. The molecule has 0 atom stereocenters. The zero-order valence-corrected chi connectivity index (χ0v) is 10.3. The topological polar surface area (TPSA) is 98.3 Å². The van der Waals surface area contributed by atoms with E-state index in [2.05, 4.69) is 5.10 Å². The van der Waals surface area contributed by atoms with E-state index in [9.17, 15) is 14.9 Å². The zero-order valence-electron chi connectivity index (χ0n) is 10.3. The number of carboxylic acid groups (broad SMARTS) is 1. The number of carbonyl (C=O) groups is 1. The molecule has 0 spiro atoms. The first-order chi connectivity index (χ1) is 8.90. The summed E-state index contributed by atoms with van der Waals surface area (Å²) in [6.07, 6.45) is 1.63. The number of aromatic nitrogens is 2. The standard InChI is InChI=1S/C12H11N3O4/c1-7-3-4-14(13-7)10-5-9(12(16)17)6-11(8(10)2)15(18)19/h3-6H,1-2H3,(H,16,17). The van der Waals surface area contributed by atoms with E-state index in [1.807, 2.05) is 0 Å². The van der Waals surface area contributed by atoms with Gasteiger partial charge in [-0.1, -0.05) is 0 Å². The third kappa shape index (κ3) is 2.30. The summed E-state index contributed by atoms with van der Waals surface area (Å²) in [5.41, 5.74) is 1.13. The largest absolute Gasteiger partial charge is 0.478 e. The van der Waals surface area contributed by atoms with Crippen molar-refractivity contribution in [3.8, 4) is 5.69 Å². The lowest BCUT2D eigenvalue weighted by atomic mass is 10.1. The van der Waals surface area contributed by atoms with Crippen LogP contribution in [-0.4, -0.2) is 25.8 Å². The average molecular weight is 261 g/mol. The molecule has 98 valence electrons. The van der Waals surface area contributed by atoms with Gasteiger partial charge in [0, 0.05) is 12.3 Å². The maximum Gasteiger partial charge on any atom is 0.336 e. The molecule has 0 aliphatic carbocycles. The third-order valence-corrected chi connectivity index (χ3v) is 2.77. The summed E-state index contributed by atoms with van der Waals surface area (Å²) >= 11 is 0. The van der Waals surface area contributed by atoms with E-state index in [0.29, 0.717) is 11.3 Å². The normalized spacial score (nSPS) is 10.4. The molecule has 0 saturated heterocycles. The van der Waals surface area contributed by atoms with Crippen molar-refractivity contribution in [2.75, 3.05) is 0 Å². The minimum Gasteiger partial charge on any atom is -0.478 e. The van der Waals surface area contributed by atoms with Crippen molar-refractivity contribution in [3.63, 3.8) is 0 Å². The fraction of sp³-hybridized carbons (Fsp3) is 0.167. The van der Waals surface area contributed by atoms with Crippen molar-refractivity contribution < 1.29 is 14.8 Å². The lowest BCUT2D eigenvalue weighted by molar-refractivity contribution is -0.385. The van der Waals surface area contributed by atoms with Gasteiger partial charge in [0.05, 0.1) is 27.4 Å². The highest BCUT2D eigenvalue weighted by molar-refractivity contribution is 5.89. The van der Waals surface area contributed by atoms with Gasteiger partial charge >= 0.3 is 5.97 Å². The molecule has 0 radical (unpaired) electrons. The first-order valence-electron chi connectivity index (χ1n) is 5.45. The molecule has 0 amide bonds. The quantitative estimate of drug-likeness (QED) is 0.673. The summed E-state index contributed by atoms with van der Waals surface area (Å²) in [6.45, 7) is 3.34. The Morgan fingerprint density at radius 3 is 2.58 bits per heavy atom. The zero-order chi connectivity index (χ0) is 14.2. The highest BCUT2D eigenvalue weighted by Gasteiger charge is 2.20. The summed E-state index contributed by atoms with van der Waals surface area (Å²) < 4.78 is 1.43. The van der Waals surface area contributed by atoms with E-state index in [-0.39, 0.29) is 11.3 Å². The molecule has 0 bridgehead atoms. The van der Waals surface area contributed by atoms with Gasteiger partial charge in [-0.2, -0.15) is 5.10 Å². The molecular weight excluding hydrogens is 250 g/mol. The Hall–Kier alpha value is -2.70. The van der Waals surface area contributed by atoms with E-state index in [1.165, 1.54) is 10.7 Å². The predicted octanol–water partition coefficient (Wildman–Crippen LogP) is 2.10. The second kappa shape index (κ2) is 4.52. The van der Waals surface area contributed by atoms with Crippen molar-refractivity contribution in [1.82, 2.24) is 9.78 Å². The van der Waals surface area contributed by atoms with Gasteiger partial charge in [-0.3, -0.25) is 10.1 Å². The Morgan fingerprint density at radius 1 is 1.42 bits per heavy atom. The SMILES string of the molecule is Cc1ccn(-c2cc(C(=O)O)cc([N+](=O)[O-])c2C)n1. The van der Waals surface area contributed by atoms with Gasteiger partial charge in [-0.25, -0.2) is 9.48 Å².